The van der Waals surface area contributed by atoms with Gasteiger partial charge in [-0.05, 0) is 60.9 Å². The molecule has 190 valence electrons. The molecule has 0 aliphatic carbocycles. The predicted molar refractivity (Wildman–Crippen MR) is 140 cm³/mol. The molecule has 0 N–H and O–H groups in total. The molecule has 1 aromatic heterocycles. The Morgan fingerprint density at radius 1 is 1.03 bits per heavy atom. The smallest absolute Gasteiger partial charge is 0.259 e. The van der Waals surface area contributed by atoms with E-state index in [0.29, 0.717) is 56.5 Å². The van der Waals surface area contributed by atoms with Crippen molar-refractivity contribution in [3.63, 3.8) is 0 Å². The van der Waals surface area contributed by atoms with Crippen molar-refractivity contribution in [3.05, 3.63) is 75.6 Å². The second kappa shape index (κ2) is 9.48. The normalized spacial score (nSPS) is 20.9. The highest BCUT2D eigenvalue weighted by Gasteiger charge is 2.31. The molecule has 0 bridgehead atoms. The van der Waals surface area contributed by atoms with Gasteiger partial charge < -0.3 is 9.47 Å². The average Bonchev–Trinajstić information content (AvgIpc) is 2.87. The van der Waals surface area contributed by atoms with E-state index in [9.17, 15) is 18.0 Å². The van der Waals surface area contributed by atoms with Gasteiger partial charge in [-0.1, -0.05) is 38.1 Å². The van der Waals surface area contributed by atoms with Crippen molar-refractivity contribution in [2.75, 3.05) is 19.6 Å². The Labute approximate surface area is 212 Å². The van der Waals surface area contributed by atoms with Crippen LogP contribution in [0, 0.1) is 11.8 Å². The van der Waals surface area contributed by atoms with Crippen molar-refractivity contribution in [1.29, 1.82) is 0 Å². The minimum absolute atomic E-state index is 0.0824. The van der Waals surface area contributed by atoms with Crippen LogP contribution in [0.25, 0.3) is 10.9 Å². The molecule has 0 saturated carbocycles. The van der Waals surface area contributed by atoms with E-state index < -0.39 is 15.5 Å². The molecule has 3 heterocycles. The van der Waals surface area contributed by atoms with Crippen molar-refractivity contribution in [1.82, 2.24) is 13.8 Å². The number of nitrogens with zero attached hydrogens (tertiary/aromatic N) is 3. The first kappa shape index (κ1) is 24.7. The van der Waals surface area contributed by atoms with Gasteiger partial charge in [-0.15, -0.1) is 0 Å². The molecule has 36 heavy (non-hydrogen) atoms. The maximum Gasteiger partial charge on any atom is 0.259 e. The molecule has 1 amide bonds. The molecule has 2 aliphatic heterocycles. The monoisotopic (exact) mass is 507 g/mol. The lowest BCUT2D eigenvalue weighted by atomic mass is 9.91. The second-order valence-electron chi connectivity index (χ2n) is 10.4. The predicted octanol–water partition coefficient (Wildman–Crippen LogP) is 3.89. The Hall–Kier alpha value is -2.97. The number of rotatable bonds is 4. The van der Waals surface area contributed by atoms with Crippen molar-refractivity contribution in [2.45, 2.75) is 51.6 Å². The number of sulfonamides is 1. The zero-order chi connectivity index (χ0) is 25.6. The summed E-state index contributed by atoms with van der Waals surface area (Å²) in [6.45, 7) is 8.68. The summed E-state index contributed by atoms with van der Waals surface area (Å²) in [4.78, 5) is 28.9. The molecule has 2 atom stereocenters. The fourth-order valence-corrected chi connectivity index (χ4v) is 7.22. The fraction of sp³-hybridized carbons (Fsp3) is 0.429. The van der Waals surface area contributed by atoms with Crippen LogP contribution < -0.4 is 5.43 Å². The molecule has 5 rings (SSSR count). The van der Waals surface area contributed by atoms with E-state index in [1.54, 1.807) is 23.2 Å². The summed E-state index contributed by atoms with van der Waals surface area (Å²) in [5, 5.41) is 0.263. The van der Waals surface area contributed by atoms with Crippen LogP contribution in [0.3, 0.4) is 0 Å². The molecule has 2 aromatic carbocycles. The third kappa shape index (κ3) is 4.37. The highest BCUT2D eigenvalue weighted by atomic mass is 32.2. The van der Waals surface area contributed by atoms with Crippen LogP contribution in [-0.2, 0) is 29.5 Å². The number of piperidine rings is 1. The van der Waals surface area contributed by atoms with Crippen molar-refractivity contribution < 1.29 is 13.2 Å². The molecule has 0 spiro atoms. The van der Waals surface area contributed by atoms with Gasteiger partial charge in [-0.2, -0.15) is 4.31 Å². The number of hydrogen-bond acceptors (Lipinski definition) is 4. The van der Waals surface area contributed by atoms with Crippen molar-refractivity contribution in [3.8, 4) is 0 Å². The van der Waals surface area contributed by atoms with Gasteiger partial charge in [0.2, 0.25) is 15.5 Å². The van der Waals surface area contributed by atoms with Crippen LogP contribution in [0.2, 0.25) is 0 Å². The molecule has 1 fully saturated rings. The minimum Gasteiger partial charge on any atom is -0.347 e. The molecule has 7 nitrogen and oxygen atoms in total. The summed E-state index contributed by atoms with van der Waals surface area (Å²) >= 11 is 0. The van der Waals surface area contributed by atoms with E-state index in [1.165, 1.54) is 10.4 Å². The molecule has 2 aliphatic rings. The standard InChI is InChI=1S/C28H33N3O4S/c1-4-29-18-25(28(33)30-15-19(2)13-20(3)16-30)27(32)24-14-23(9-10-26(24)29)36(34,35)31-12-11-21-7-5-6-8-22(21)17-31/h5-10,14,18-20H,4,11-13,15-17H2,1-3H3/t19-,20-/m1/s1. The van der Waals surface area contributed by atoms with Crippen molar-refractivity contribution in [2.24, 2.45) is 11.8 Å². The Bertz CT molecular complexity index is 1480. The summed E-state index contributed by atoms with van der Waals surface area (Å²) in [6, 6.07) is 12.6. The second-order valence-corrected chi connectivity index (χ2v) is 12.3. The SMILES string of the molecule is CCn1cc(C(=O)N2C[C@H](C)C[C@@H](C)C2)c(=O)c2cc(S(=O)(=O)N3CCc4ccccc4C3)ccc21. The van der Waals surface area contributed by atoms with E-state index in [-0.39, 0.29) is 21.8 Å². The van der Waals surface area contributed by atoms with Gasteiger partial charge in [0, 0.05) is 44.3 Å². The number of likely N-dealkylation sites (tertiary alicyclic amines) is 1. The Morgan fingerprint density at radius 3 is 2.42 bits per heavy atom. The molecule has 3 aromatic rings. The molecular weight excluding hydrogens is 474 g/mol. The van der Waals surface area contributed by atoms with Gasteiger partial charge in [0.1, 0.15) is 5.56 Å². The molecular formula is C28H33N3O4S. The van der Waals surface area contributed by atoms with E-state index in [1.807, 2.05) is 35.8 Å². The number of carbonyl (C=O) groups is 1. The molecule has 0 radical (unpaired) electrons. The number of aryl methyl sites for hydroxylation is 1. The Morgan fingerprint density at radius 2 is 1.72 bits per heavy atom. The number of fused-ring (bicyclic) bond motifs is 2. The number of pyridine rings is 1. The minimum atomic E-state index is -3.81. The lowest BCUT2D eigenvalue weighted by molar-refractivity contribution is 0.0621. The fourth-order valence-electron chi connectivity index (χ4n) is 5.77. The van der Waals surface area contributed by atoms with Crippen LogP contribution in [0.1, 0.15) is 48.7 Å². The molecule has 0 unspecified atom stereocenters. The maximum absolute atomic E-state index is 13.6. The first-order valence-corrected chi connectivity index (χ1v) is 14.2. The van der Waals surface area contributed by atoms with Gasteiger partial charge >= 0.3 is 0 Å². The Kier molecular flexibility index (Phi) is 6.51. The van der Waals surface area contributed by atoms with Gasteiger partial charge in [-0.25, -0.2) is 8.42 Å². The van der Waals surface area contributed by atoms with Crippen LogP contribution in [0.15, 0.2) is 58.4 Å². The summed E-state index contributed by atoms with van der Waals surface area (Å²) in [5.41, 5.74) is 2.48. The number of carbonyl (C=O) groups excluding carboxylic acids is 1. The van der Waals surface area contributed by atoms with Gasteiger partial charge in [0.25, 0.3) is 5.91 Å². The van der Waals surface area contributed by atoms with Crippen LogP contribution in [0.5, 0.6) is 0 Å². The third-order valence-electron chi connectivity index (χ3n) is 7.51. The van der Waals surface area contributed by atoms with E-state index in [0.717, 1.165) is 17.5 Å². The summed E-state index contributed by atoms with van der Waals surface area (Å²) in [6.07, 6.45) is 3.34. The first-order valence-electron chi connectivity index (χ1n) is 12.7. The van der Waals surface area contributed by atoms with Crippen LogP contribution in [0.4, 0.5) is 0 Å². The number of hydrogen-bond donors (Lipinski definition) is 0. The first-order chi connectivity index (χ1) is 17.2. The number of amides is 1. The quantitative estimate of drug-likeness (QED) is 0.537. The van der Waals surface area contributed by atoms with Gasteiger partial charge in [0.15, 0.2) is 0 Å². The number of aromatic nitrogens is 1. The van der Waals surface area contributed by atoms with Crippen molar-refractivity contribution >= 4 is 26.8 Å². The maximum atomic E-state index is 13.6. The lowest BCUT2D eigenvalue weighted by Crippen LogP contribution is -2.44. The highest BCUT2D eigenvalue weighted by Crippen LogP contribution is 2.27. The topological polar surface area (TPSA) is 79.7 Å². The van der Waals surface area contributed by atoms with E-state index in [4.69, 9.17) is 0 Å². The van der Waals surface area contributed by atoms with Crippen LogP contribution in [-0.4, -0.2) is 47.7 Å². The van der Waals surface area contributed by atoms with E-state index in [2.05, 4.69) is 13.8 Å². The summed E-state index contributed by atoms with van der Waals surface area (Å²) in [7, 11) is -3.81. The Balaban J connectivity index is 1.55. The largest absolute Gasteiger partial charge is 0.347 e. The van der Waals surface area contributed by atoms with Crippen LogP contribution >= 0.6 is 0 Å². The summed E-state index contributed by atoms with van der Waals surface area (Å²) in [5.74, 6) is 0.472. The van der Waals surface area contributed by atoms with Gasteiger partial charge in [0.05, 0.1) is 10.4 Å². The lowest BCUT2D eigenvalue weighted by Gasteiger charge is -2.35. The average molecular weight is 508 g/mol. The molecule has 1 saturated heterocycles. The van der Waals surface area contributed by atoms with Gasteiger partial charge in [-0.3, -0.25) is 9.59 Å². The molecule has 8 heteroatoms. The third-order valence-corrected chi connectivity index (χ3v) is 9.35. The highest BCUT2D eigenvalue weighted by molar-refractivity contribution is 7.89. The van der Waals surface area contributed by atoms with E-state index >= 15 is 0 Å². The zero-order valence-corrected chi connectivity index (χ0v) is 21.9. The summed E-state index contributed by atoms with van der Waals surface area (Å²) < 4.78 is 30.5. The number of benzene rings is 2. The zero-order valence-electron chi connectivity index (χ0n) is 21.1.